The number of carbonyl (C=O) groups is 1. The van der Waals surface area contributed by atoms with E-state index in [0.29, 0.717) is 11.4 Å². The topological polar surface area (TPSA) is 32.8 Å². The van der Waals surface area contributed by atoms with Crippen LogP contribution in [0, 0.1) is 0 Å². The van der Waals surface area contributed by atoms with E-state index in [1.165, 1.54) is 6.42 Å². The Morgan fingerprint density at radius 1 is 1.00 bits per heavy atom. The fraction of sp³-hybridized carbons (Fsp3) is 0.409. The first-order valence-electron chi connectivity index (χ1n) is 9.89. The van der Waals surface area contributed by atoms with Crippen LogP contribution in [0.4, 0.5) is 5.69 Å². The van der Waals surface area contributed by atoms with Crippen molar-refractivity contribution in [3.8, 4) is 5.75 Å². The second-order valence-electron chi connectivity index (χ2n) is 7.80. The molecule has 2 aromatic rings. The third kappa shape index (κ3) is 3.18. The highest BCUT2D eigenvalue weighted by atomic mass is 35.5. The molecule has 0 saturated carbocycles. The molecular weight excluding hydrogens is 395 g/mol. The molecule has 0 bridgehead atoms. The number of nitrogens with zero attached hydrogens (tertiary/aromatic N) is 2. The van der Waals surface area contributed by atoms with Crippen molar-refractivity contribution in [3.05, 3.63) is 57.6 Å². The Hall–Kier alpha value is -1.75. The summed E-state index contributed by atoms with van der Waals surface area (Å²) in [5.41, 5.74) is 3.17. The zero-order chi connectivity index (χ0) is 19.3. The van der Waals surface area contributed by atoms with Gasteiger partial charge in [0.15, 0.2) is 0 Å². The minimum absolute atomic E-state index is 0.0919. The van der Waals surface area contributed by atoms with E-state index in [0.717, 1.165) is 60.1 Å². The molecule has 0 N–H and O–H groups in total. The SMILES string of the molecule is O=C1CCCN1c1ccc(O[C@H]2c3cc(Cl)cc(Cl)c3C[C@H]2N2CCC2)cc1. The molecule has 3 aliphatic rings. The fourth-order valence-corrected chi connectivity index (χ4v) is 5.11. The van der Waals surface area contributed by atoms with Crippen molar-refractivity contribution in [2.24, 2.45) is 0 Å². The highest BCUT2D eigenvalue weighted by molar-refractivity contribution is 6.35. The first-order valence-corrected chi connectivity index (χ1v) is 10.6. The molecule has 6 heteroatoms. The number of anilines is 1. The molecule has 2 saturated heterocycles. The average Bonchev–Trinajstić information content (AvgIpc) is 3.20. The number of hydrogen-bond acceptors (Lipinski definition) is 3. The Bertz CT molecular complexity index is 911. The lowest BCUT2D eigenvalue weighted by Gasteiger charge is -2.39. The molecule has 2 atom stereocenters. The van der Waals surface area contributed by atoms with Crippen LogP contribution >= 0.6 is 23.2 Å². The van der Waals surface area contributed by atoms with Gasteiger partial charge in [0.1, 0.15) is 11.9 Å². The smallest absolute Gasteiger partial charge is 0.227 e. The van der Waals surface area contributed by atoms with Crippen LogP contribution in [0.5, 0.6) is 5.75 Å². The molecule has 5 rings (SSSR count). The van der Waals surface area contributed by atoms with Crippen molar-refractivity contribution in [3.63, 3.8) is 0 Å². The van der Waals surface area contributed by atoms with Crippen LogP contribution < -0.4 is 9.64 Å². The number of fused-ring (bicyclic) bond motifs is 1. The number of halogens is 2. The first-order chi connectivity index (χ1) is 13.6. The van der Waals surface area contributed by atoms with Crippen LogP contribution in [0.25, 0.3) is 0 Å². The van der Waals surface area contributed by atoms with Crippen molar-refractivity contribution in [1.82, 2.24) is 4.90 Å². The van der Waals surface area contributed by atoms with E-state index < -0.39 is 0 Å². The number of benzene rings is 2. The minimum Gasteiger partial charge on any atom is -0.484 e. The summed E-state index contributed by atoms with van der Waals surface area (Å²) >= 11 is 12.8. The Balaban J connectivity index is 1.42. The summed E-state index contributed by atoms with van der Waals surface area (Å²) in [5, 5.41) is 1.37. The molecule has 0 radical (unpaired) electrons. The van der Waals surface area contributed by atoms with Crippen molar-refractivity contribution in [2.75, 3.05) is 24.5 Å². The maximum Gasteiger partial charge on any atom is 0.227 e. The van der Waals surface area contributed by atoms with E-state index >= 15 is 0 Å². The van der Waals surface area contributed by atoms with Gasteiger partial charge in [-0.15, -0.1) is 0 Å². The van der Waals surface area contributed by atoms with E-state index in [-0.39, 0.29) is 18.1 Å². The summed E-state index contributed by atoms with van der Waals surface area (Å²) in [6.45, 7) is 2.99. The van der Waals surface area contributed by atoms with E-state index in [9.17, 15) is 4.79 Å². The quantitative estimate of drug-likeness (QED) is 0.712. The van der Waals surface area contributed by atoms with Gasteiger partial charge in [-0.25, -0.2) is 0 Å². The molecule has 28 heavy (non-hydrogen) atoms. The van der Waals surface area contributed by atoms with E-state index in [2.05, 4.69) is 4.90 Å². The highest BCUT2D eigenvalue weighted by Crippen LogP contribution is 2.43. The maximum absolute atomic E-state index is 12.0. The largest absolute Gasteiger partial charge is 0.484 e. The van der Waals surface area contributed by atoms with Crippen LogP contribution in [0.3, 0.4) is 0 Å². The zero-order valence-electron chi connectivity index (χ0n) is 15.5. The van der Waals surface area contributed by atoms with Crippen LogP contribution in [-0.4, -0.2) is 36.5 Å². The van der Waals surface area contributed by atoms with Gasteiger partial charge in [0.05, 0.1) is 6.04 Å². The Morgan fingerprint density at radius 2 is 1.79 bits per heavy atom. The van der Waals surface area contributed by atoms with Crippen molar-refractivity contribution in [1.29, 1.82) is 0 Å². The second kappa shape index (κ2) is 7.25. The lowest BCUT2D eigenvalue weighted by Crippen LogP contribution is -2.48. The van der Waals surface area contributed by atoms with Crippen molar-refractivity contribution in [2.45, 2.75) is 37.8 Å². The van der Waals surface area contributed by atoms with Gasteiger partial charge in [-0.05, 0) is 74.3 Å². The summed E-state index contributed by atoms with van der Waals surface area (Å²) in [7, 11) is 0. The average molecular weight is 417 g/mol. The monoisotopic (exact) mass is 416 g/mol. The normalized spacial score (nSPS) is 24.4. The molecule has 4 nitrogen and oxygen atoms in total. The standard InChI is InChI=1S/C22H22Cl2N2O2/c23-14-11-18-17(19(24)12-14)13-20(25-8-2-9-25)22(18)28-16-6-4-15(5-7-16)26-10-1-3-21(26)27/h4-7,11-12,20,22H,1-3,8-10,13H2/t20-,22+/m1/s1. The van der Waals surface area contributed by atoms with E-state index in [1.54, 1.807) is 0 Å². The van der Waals surface area contributed by atoms with Gasteiger partial charge < -0.3 is 9.64 Å². The van der Waals surface area contributed by atoms with E-state index in [4.69, 9.17) is 27.9 Å². The Labute approximate surface area is 175 Å². The van der Waals surface area contributed by atoms with E-state index in [1.807, 2.05) is 41.3 Å². The van der Waals surface area contributed by atoms with Crippen LogP contribution in [0.15, 0.2) is 36.4 Å². The lowest BCUT2D eigenvalue weighted by molar-refractivity contribution is -0.117. The Morgan fingerprint density at radius 3 is 2.43 bits per heavy atom. The fourth-order valence-electron chi connectivity index (χ4n) is 4.52. The van der Waals surface area contributed by atoms with Crippen LogP contribution in [0.1, 0.15) is 36.5 Å². The molecule has 0 aromatic heterocycles. The Kier molecular flexibility index (Phi) is 4.74. The van der Waals surface area contributed by atoms with Gasteiger partial charge in [0.25, 0.3) is 0 Å². The lowest BCUT2D eigenvalue weighted by atomic mass is 10.1. The summed E-state index contributed by atoms with van der Waals surface area (Å²) in [6.07, 6.45) is 3.58. The minimum atomic E-state index is -0.0919. The summed E-state index contributed by atoms with van der Waals surface area (Å²) in [5.74, 6) is 0.996. The predicted molar refractivity (Wildman–Crippen MR) is 112 cm³/mol. The second-order valence-corrected chi connectivity index (χ2v) is 8.64. The van der Waals surface area contributed by atoms with Gasteiger partial charge in [0.2, 0.25) is 5.91 Å². The van der Waals surface area contributed by atoms with Crippen LogP contribution in [-0.2, 0) is 11.2 Å². The van der Waals surface area contributed by atoms with Gasteiger partial charge in [-0.2, -0.15) is 0 Å². The molecule has 0 unspecified atom stereocenters. The molecule has 2 aromatic carbocycles. The van der Waals surface area contributed by atoms with Gasteiger partial charge in [-0.1, -0.05) is 23.2 Å². The van der Waals surface area contributed by atoms with Crippen molar-refractivity contribution >= 4 is 34.8 Å². The number of carbonyl (C=O) groups excluding carboxylic acids is 1. The molecule has 2 fully saturated rings. The van der Waals surface area contributed by atoms with Gasteiger partial charge in [0, 0.05) is 34.3 Å². The summed E-state index contributed by atoms with van der Waals surface area (Å²) < 4.78 is 6.46. The number of ether oxygens (including phenoxy) is 1. The maximum atomic E-state index is 12.0. The molecular formula is C22H22Cl2N2O2. The zero-order valence-corrected chi connectivity index (χ0v) is 17.0. The number of likely N-dealkylation sites (tertiary alicyclic amines) is 1. The molecule has 2 heterocycles. The first kappa shape index (κ1) is 18.3. The third-order valence-electron chi connectivity index (χ3n) is 6.11. The van der Waals surface area contributed by atoms with Gasteiger partial charge >= 0.3 is 0 Å². The van der Waals surface area contributed by atoms with Crippen LogP contribution in [0.2, 0.25) is 10.0 Å². The molecule has 0 spiro atoms. The number of rotatable bonds is 4. The van der Waals surface area contributed by atoms with Gasteiger partial charge in [-0.3, -0.25) is 9.69 Å². The third-order valence-corrected chi connectivity index (χ3v) is 6.66. The van der Waals surface area contributed by atoms with Crippen molar-refractivity contribution < 1.29 is 9.53 Å². The molecule has 1 amide bonds. The molecule has 2 aliphatic heterocycles. The summed E-state index contributed by atoms with van der Waals surface area (Å²) in [6, 6.07) is 11.9. The number of hydrogen-bond donors (Lipinski definition) is 0. The number of amides is 1. The highest BCUT2D eigenvalue weighted by Gasteiger charge is 2.41. The molecule has 146 valence electrons. The molecule has 1 aliphatic carbocycles. The summed E-state index contributed by atoms with van der Waals surface area (Å²) in [4.78, 5) is 16.3. The predicted octanol–water partition coefficient (Wildman–Crippen LogP) is 4.87.